The minimum Gasteiger partial charge on any atom is -0.343 e. The molecule has 2 saturated heterocycles. The lowest BCUT2D eigenvalue weighted by Crippen LogP contribution is -2.61. The van der Waals surface area contributed by atoms with Crippen molar-refractivity contribution in [2.75, 3.05) is 32.7 Å². The van der Waals surface area contributed by atoms with Crippen LogP contribution >= 0.6 is 0 Å². The molecule has 2 rings (SSSR count). The maximum atomic E-state index is 11.6. The molecule has 2 aliphatic rings. The summed E-state index contributed by atoms with van der Waals surface area (Å²) in [4.78, 5) is 16.2. The molecule has 0 aliphatic carbocycles. The second kappa shape index (κ2) is 4.97. The Morgan fingerprint density at radius 2 is 1.82 bits per heavy atom. The summed E-state index contributed by atoms with van der Waals surface area (Å²) in [5.74, 6) is 1.10. The molecular weight excluding hydrogens is 212 g/mol. The molecule has 0 unspecified atom stereocenters. The zero-order chi connectivity index (χ0) is 12.5. The van der Waals surface area contributed by atoms with E-state index in [9.17, 15) is 4.79 Å². The van der Waals surface area contributed by atoms with Crippen LogP contribution in [-0.2, 0) is 4.79 Å². The fraction of sp³-hybridized carbons (Fsp3) is 0.929. The number of likely N-dealkylation sites (tertiary alicyclic amines) is 2. The molecule has 0 aromatic carbocycles. The highest BCUT2D eigenvalue weighted by Gasteiger charge is 2.44. The number of carbonyl (C=O) groups is 1. The van der Waals surface area contributed by atoms with Crippen LogP contribution in [0.15, 0.2) is 0 Å². The Bertz CT molecular complexity index is 272. The largest absolute Gasteiger partial charge is 0.343 e. The number of rotatable bonds is 3. The van der Waals surface area contributed by atoms with E-state index in [1.54, 1.807) is 0 Å². The molecule has 2 heterocycles. The van der Waals surface area contributed by atoms with Gasteiger partial charge in [-0.1, -0.05) is 20.8 Å². The molecule has 3 nitrogen and oxygen atoms in total. The van der Waals surface area contributed by atoms with Gasteiger partial charge in [0.15, 0.2) is 0 Å². The van der Waals surface area contributed by atoms with Crippen molar-refractivity contribution >= 4 is 5.91 Å². The number of hydrogen-bond donors (Lipinski definition) is 0. The van der Waals surface area contributed by atoms with Crippen molar-refractivity contribution in [2.24, 2.45) is 11.3 Å². The van der Waals surface area contributed by atoms with E-state index in [0.29, 0.717) is 17.7 Å². The summed E-state index contributed by atoms with van der Waals surface area (Å²) in [5.41, 5.74) is 0.555. The average molecular weight is 238 g/mol. The van der Waals surface area contributed by atoms with Crippen molar-refractivity contribution in [3.8, 4) is 0 Å². The Morgan fingerprint density at radius 3 is 2.29 bits per heavy atom. The summed E-state index contributed by atoms with van der Waals surface area (Å²) in [6.45, 7) is 12.3. The van der Waals surface area contributed by atoms with Gasteiger partial charge in [-0.05, 0) is 24.2 Å². The van der Waals surface area contributed by atoms with Crippen LogP contribution < -0.4 is 0 Å². The lowest BCUT2D eigenvalue weighted by atomic mass is 9.71. The van der Waals surface area contributed by atoms with Crippen molar-refractivity contribution in [2.45, 2.75) is 40.0 Å². The van der Waals surface area contributed by atoms with Gasteiger partial charge in [-0.25, -0.2) is 0 Å². The van der Waals surface area contributed by atoms with E-state index in [1.165, 1.54) is 32.5 Å². The van der Waals surface area contributed by atoms with Gasteiger partial charge in [-0.2, -0.15) is 0 Å². The number of amides is 1. The number of piperidine rings is 1. The lowest BCUT2D eigenvalue weighted by Gasteiger charge is -2.54. The van der Waals surface area contributed by atoms with Gasteiger partial charge in [0.05, 0.1) is 0 Å². The van der Waals surface area contributed by atoms with Gasteiger partial charge in [0.2, 0.25) is 5.91 Å². The maximum Gasteiger partial charge on any atom is 0.222 e. The molecule has 2 fully saturated rings. The van der Waals surface area contributed by atoms with E-state index in [0.717, 1.165) is 19.0 Å². The van der Waals surface area contributed by atoms with Crippen LogP contribution in [0.4, 0.5) is 0 Å². The summed E-state index contributed by atoms with van der Waals surface area (Å²) in [6, 6.07) is 0. The van der Waals surface area contributed by atoms with Crippen LogP contribution in [0.2, 0.25) is 0 Å². The van der Waals surface area contributed by atoms with E-state index in [1.807, 2.05) is 6.92 Å². The monoisotopic (exact) mass is 238 g/mol. The normalized spacial score (nSPS) is 24.1. The van der Waals surface area contributed by atoms with Gasteiger partial charge in [0.25, 0.3) is 0 Å². The molecule has 0 N–H and O–H groups in total. The average Bonchev–Trinajstić information content (AvgIpc) is 2.26. The quantitative estimate of drug-likeness (QED) is 0.750. The standard InChI is InChI=1S/C14H26N2O/c1-4-13(17)16-7-5-14(6-8-16)10-15(11-14)9-12(2)3/h12H,4-11H2,1-3H3. The minimum absolute atomic E-state index is 0.332. The summed E-state index contributed by atoms with van der Waals surface area (Å²) < 4.78 is 0. The SMILES string of the molecule is CCC(=O)N1CCC2(CC1)CN(CC(C)C)C2. The first-order valence-electron chi connectivity index (χ1n) is 7.05. The van der Waals surface area contributed by atoms with Crippen molar-refractivity contribution in [3.05, 3.63) is 0 Å². The predicted molar refractivity (Wildman–Crippen MR) is 69.8 cm³/mol. The van der Waals surface area contributed by atoms with Gasteiger partial charge >= 0.3 is 0 Å². The van der Waals surface area contributed by atoms with Crippen molar-refractivity contribution in [1.29, 1.82) is 0 Å². The molecule has 17 heavy (non-hydrogen) atoms. The Morgan fingerprint density at radius 1 is 1.24 bits per heavy atom. The van der Waals surface area contributed by atoms with Crippen LogP contribution in [0.1, 0.15) is 40.0 Å². The molecule has 0 bridgehead atoms. The van der Waals surface area contributed by atoms with Gasteiger partial charge < -0.3 is 9.80 Å². The highest BCUT2D eigenvalue weighted by molar-refractivity contribution is 5.75. The molecule has 2 aliphatic heterocycles. The van der Waals surface area contributed by atoms with Crippen LogP contribution in [-0.4, -0.2) is 48.4 Å². The molecule has 0 aromatic heterocycles. The van der Waals surface area contributed by atoms with E-state index in [4.69, 9.17) is 0 Å². The minimum atomic E-state index is 0.332. The van der Waals surface area contributed by atoms with Crippen molar-refractivity contribution < 1.29 is 4.79 Å². The number of nitrogens with zero attached hydrogens (tertiary/aromatic N) is 2. The zero-order valence-electron chi connectivity index (χ0n) is 11.5. The topological polar surface area (TPSA) is 23.6 Å². The van der Waals surface area contributed by atoms with Crippen LogP contribution in [0, 0.1) is 11.3 Å². The van der Waals surface area contributed by atoms with Crippen molar-refractivity contribution in [1.82, 2.24) is 9.80 Å². The second-order valence-corrected chi connectivity index (χ2v) is 6.30. The van der Waals surface area contributed by atoms with E-state index >= 15 is 0 Å². The van der Waals surface area contributed by atoms with Crippen molar-refractivity contribution in [3.63, 3.8) is 0 Å². The first-order valence-corrected chi connectivity index (χ1v) is 7.05. The van der Waals surface area contributed by atoms with Crippen LogP contribution in [0.5, 0.6) is 0 Å². The smallest absolute Gasteiger partial charge is 0.222 e. The molecule has 98 valence electrons. The van der Waals surface area contributed by atoms with Gasteiger partial charge in [-0.3, -0.25) is 4.79 Å². The molecule has 0 aromatic rings. The van der Waals surface area contributed by atoms with Crippen LogP contribution in [0.3, 0.4) is 0 Å². The summed E-state index contributed by atoms with van der Waals surface area (Å²) >= 11 is 0. The van der Waals surface area contributed by atoms with E-state index < -0.39 is 0 Å². The predicted octanol–water partition coefficient (Wildman–Crippen LogP) is 1.98. The number of hydrogen-bond acceptors (Lipinski definition) is 2. The first-order chi connectivity index (χ1) is 8.04. The molecular formula is C14H26N2O. The summed E-state index contributed by atoms with van der Waals surface area (Å²) in [5, 5.41) is 0. The highest BCUT2D eigenvalue weighted by Crippen LogP contribution is 2.40. The zero-order valence-corrected chi connectivity index (χ0v) is 11.5. The second-order valence-electron chi connectivity index (χ2n) is 6.30. The third-order valence-electron chi connectivity index (χ3n) is 4.22. The first kappa shape index (κ1) is 12.9. The third-order valence-corrected chi connectivity index (χ3v) is 4.22. The summed E-state index contributed by atoms with van der Waals surface area (Å²) in [7, 11) is 0. The molecule has 3 heteroatoms. The fourth-order valence-electron chi connectivity index (χ4n) is 3.32. The van der Waals surface area contributed by atoms with Gasteiger partial charge in [0, 0.05) is 39.1 Å². The highest BCUT2D eigenvalue weighted by atomic mass is 16.2. The Hall–Kier alpha value is -0.570. The molecule has 0 saturated carbocycles. The Balaban J connectivity index is 1.75. The van der Waals surface area contributed by atoms with E-state index in [-0.39, 0.29) is 0 Å². The fourth-order valence-corrected chi connectivity index (χ4v) is 3.32. The molecule has 1 amide bonds. The molecule has 0 atom stereocenters. The summed E-state index contributed by atoms with van der Waals surface area (Å²) in [6.07, 6.45) is 3.09. The van der Waals surface area contributed by atoms with E-state index in [2.05, 4.69) is 23.6 Å². The maximum absolute atomic E-state index is 11.6. The Labute approximate surface area is 105 Å². The lowest BCUT2D eigenvalue weighted by molar-refractivity contribution is -0.136. The van der Waals surface area contributed by atoms with Crippen LogP contribution in [0.25, 0.3) is 0 Å². The van der Waals surface area contributed by atoms with Gasteiger partial charge in [-0.15, -0.1) is 0 Å². The number of carbonyl (C=O) groups excluding carboxylic acids is 1. The third kappa shape index (κ3) is 2.82. The molecule has 0 radical (unpaired) electrons. The van der Waals surface area contributed by atoms with Gasteiger partial charge in [0.1, 0.15) is 0 Å². The Kier molecular flexibility index (Phi) is 3.76. The molecule has 1 spiro atoms.